The Labute approximate surface area is 83.0 Å². The van der Waals surface area contributed by atoms with Gasteiger partial charge in [-0.3, -0.25) is 4.79 Å². The third-order valence-electron chi connectivity index (χ3n) is 1.77. The van der Waals surface area contributed by atoms with Crippen LogP contribution in [0, 0.1) is 0 Å². The quantitative estimate of drug-likeness (QED) is 0.384. The lowest BCUT2D eigenvalue weighted by molar-refractivity contribution is -0.118. The van der Waals surface area contributed by atoms with E-state index in [1.807, 2.05) is 0 Å². The van der Waals surface area contributed by atoms with Crippen molar-refractivity contribution in [2.75, 3.05) is 6.54 Å². The first-order valence-corrected chi connectivity index (χ1v) is 4.61. The first-order chi connectivity index (χ1) is 6.70. The molecular formula is C9H16N2O3. The number of carbonyl (C=O) groups excluding carboxylic acids is 3. The van der Waals surface area contributed by atoms with Crippen molar-refractivity contribution in [2.45, 2.75) is 31.7 Å². The maximum Gasteiger partial charge on any atom is 0.217 e. The lowest BCUT2D eigenvalue weighted by atomic mass is 10.2. The average molecular weight is 200 g/mol. The zero-order valence-corrected chi connectivity index (χ0v) is 8.07. The van der Waals surface area contributed by atoms with Crippen molar-refractivity contribution in [2.24, 2.45) is 5.73 Å². The van der Waals surface area contributed by atoms with E-state index in [0.29, 0.717) is 32.2 Å². The maximum absolute atomic E-state index is 10.5. The van der Waals surface area contributed by atoms with E-state index in [2.05, 4.69) is 5.32 Å². The van der Waals surface area contributed by atoms with Gasteiger partial charge in [-0.1, -0.05) is 0 Å². The van der Waals surface area contributed by atoms with Crippen molar-refractivity contribution in [1.29, 1.82) is 0 Å². The molecule has 0 heterocycles. The van der Waals surface area contributed by atoms with Gasteiger partial charge in [-0.15, -0.1) is 0 Å². The summed E-state index contributed by atoms with van der Waals surface area (Å²) in [5.41, 5.74) is 4.94. The minimum absolute atomic E-state index is 0.298. The third kappa shape index (κ3) is 7.42. The SMILES string of the molecule is NC(=O)CCCNC(C=O)CCC=O. The molecule has 0 aromatic heterocycles. The van der Waals surface area contributed by atoms with Crippen molar-refractivity contribution in [3.8, 4) is 0 Å². The van der Waals surface area contributed by atoms with Crippen LogP contribution < -0.4 is 11.1 Å². The first-order valence-electron chi connectivity index (χ1n) is 4.61. The van der Waals surface area contributed by atoms with Gasteiger partial charge in [-0.05, 0) is 19.4 Å². The molecule has 14 heavy (non-hydrogen) atoms. The van der Waals surface area contributed by atoms with Crippen LogP contribution in [0.3, 0.4) is 0 Å². The third-order valence-corrected chi connectivity index (χ3v) is 1.77. The van der Waals surface area contributed by atoms with Gasteiger partial charge in [0.15, 0.2) is 0 Å². The normalized spacial score (nSPS) is 12.0. The number of amides is 1. The van der Waals surface area contributed by atoms with E-state index in [4.69, 9.17) is 5.73 Å². The van der Waals surface area contributed by atoms with Crippen molar-refractivity contribution in [3.05, 3.63) is 0 Å². The van der Waals surface area contributed by atoms with Crippen LogP contribution >= 0.6 is 0 Å². The smallest absolute Gasteiger partial charge is 0.217 e. The van der Waals surface area contributed by atoms with Gasteiger partial charge >= 0.3 is 0 Å². The van der Waals surface area contributed by atoms with E-state index in [1.165, 1.54) is 0 Å². The summed E-state index contributed by atoms with van der Waals surface area (Å²) in [4.78, 5) is 30.9. The number of hydrogen-bond donors (Lipinski definition) is 2. The van der Waals surface area contributed by atoms with Gasteiger partial charge < -0.3 is 20.6 Å². The predicted molar refractivity (Wildman–Crippen MR) is 51.6 cm³/mol. The molecule has 0 spiro atoms. The number of aldehydes is 2. The second kappa shape index (κ2) is 8.37. The summed E-state index contributed by atoms with van der Waals surface area (Å²) in [7, 11) is 0. The molecule has 0 saturated heterocycles. The van der Waals surface area contributed by atoms with Crippen molar-refractivity contribution in [1.82, 2.24) is 5.32 Å². The van der Waals surface area contributed by atoms with E-state index < -0.39 is 0 Å². The molecule has 0 saturated carbocycles. The van der Waals surface area contributed by atoms with Crippen LogP contribution in [-0.2, 0) is 14.4 Å². The molecule has 0 fully saturated rings. The molecule has 0 radical (unpaired) electrons. The Hall–Kier alpha value is -1.23. The van der Waals surface area contributed by atoms with E-state index in [9.17, 15) is 14.4 Å². The van der Waals surface area contributed by atoms with E-state index in [-0.39, 0.29) is 11.9 Å². The molecule has 1 amide bonds. The molecule has 3 N–H and O–H groups in total. The summed E-state index contributed by atoms with van der Waals surface area (Å²) in [6.45, 7) is 0.561. The highest BCUT2D eigenvalue weighted by molar-refractivity contribution is 5.73. The molecule has 1 unspecified atom stereocenters. The van der Waals surface area contributed by atoms with Gasteiger partial charge in [0.05, 0.1) is 6.04 Å². The molecule has 0 bridgehead atoms. The Bertz CT molecular complexity index is 194. The molecule has 0 aliphatic rings. The highest BCUT2D eigenvalue weighted by atomic mass is 16.1. The fourth-order valence-corrected chi connectivity index (χ4v) is 1.02. The summed E-state index contributed by atoms with van der Waals surface area (Å²) >= 11 is 0. The molecule has 0 aromatic rings. The summed E-state index contributed by atoms with van der Waals surface area (Å²) in [5.74, 6) is -0.345. The van der Waals surface area contributed by atoms with Crippen LogP contribution in [0.5, 0.6) is 0 Å². The molecule has 0 aliphatic heterocycles. The number of nitrogens with two attached hydrogens (primary N) is 1. The summed E-state index contributed by atoms with van der Waals surface area (Å²) < 4.78 is 0. The monoisotopic (exact) mass is 200 g/mol. The van der Waals surface area contributed by atoms with Crippen LogP contribution in [0.2, 0.25) is 0 Å². The fourth-order valence-electron chi connectivity index (χ4n) is 1.02. The second-order valence-electron chi connectivity index (χ2n) is 3.01. The molecular weight excluding hydrogens is 184 g/mol. The van der Waals surface area contributed by atoms with Crippen LogP contribution in [0.1, 0.15) is 25.7 Å². The topological polar surface area (TPSA) is 89.3 Å². The Morgan fingerprint density at radius 1 is 1.43 bits per heavy atom. The summed E-state index contributed by atoms with van der Waals surface area (Å²) in [6, 6.07) is -0.298. The predicted octanol–water partition coefficient (Wildman–Crippen LogP) is -0.612. The highest BCUT2D eigenvalue weighted by Crippen LogP contribution is 1.93. The first kappa shape index (κ1) is 12.8. The fraction of sp³-hybridized carbons (Fsp3) is 0.667. The van der Waals surface area contributed by atoms with Gasteiger partial charge in [-0.2, -0.15) is 0 Å². The van der Waals surface area contributed by atoms with Crippen molar-refractivity contribution >= 4 is 18.5 Å². The molecule has 80 valence electrons. The minimum Gasteiger partial charge on any atom is -0.370 e. The molecule has 0 aliphatic carbocycles. The van der Waals surface area contributed by atoms with Gasteiger partial charge in [0, 0.05) is 12.8 Å². The zero-order valence-electron chi connectivity index (χ0n) is 8.07. The Balaban J connectivity index is 3.46. The summed E-state index contributed by atoms with van der Waals surface area (Å²) in [6.07, 6.45) is 3.35. The van der Waals surface area contributed by atoms with Gasteiger partial charge in [0.2, 0.25) is 5.91 Å². The van der Waals surface area contributed by atoms with Crippen molar-refractivity contribution < 1.29 is 14.4 Å². The van der Waals surface area contributed by atoms with Crippen molar-refractivity contribution in [3.63, 3.8) is 0 Å². The Morgan fingerprint density at radius 2 is 2.14 bits per heavy atom. The van der Waals surface area contributed by atoms with E-state index in [0.717, 1.165) is 12.6 Å². The van der Waals surface area contributed by atoms with Gasteiger partial charge in [0.25, 0.3) is 0 Å². The number of primary amides is 1. The number of hydrogen-bond acceptors (Lipinski definition) is 4. The number of carbonyl (C=O) groups is 3. The second-order valence-corrected chi connectivity index (χ2v) is 3.01. The van der Waals surface area contributed by atoms with E-state index >= 15 is 0 Å². The number of nitrogens with one attached hydrogen (secondary N) is 1. The van der Waals surface area contributed by atoms with Crippen LogP contribution in [0.15, 0.2) is 0 Å². The van der Waals surface area contributed by atoms with Crippen LogP contribution in [0.4, 0.5) is 0 Å². The minimum atomic E-state index is -0.345. The van der Waals surface area contributed by atoms with Gasteiger partial charge in [-0.25, -0.2) is 0 Å². The van der Waals surface area contributed by atoms with Crippen LogP contribution in [0.25, 0.3) is 0 Å². The Kier molecular flexibility index (Phi) is 7.64. The Morgan fingerprint density at radius 3 is 2.64 bits per heavy atom. The van der Waals surface area contributed by atoms with Gasteiger partial charge in [0.1, 0.15) is 12.6 Å². The molecule has 5 nitrogen and oxygen atoms in total. The highest BCUT2D eigenvalue weighted by Gasteiger charge is 2.05. The lowest BCUT2D eigenvalue weighted by Gasteiger charge is -2.09. The standard InChI is InChI=1S/C9H16N2O3/c10-9(14)4-1-5-11-8(7-13)3-2-6-12/h6-8,11H,1-5H2,(H2,10,14). The molecule has 0 rings (SSSR count). The average Bonchev–Trinajstić information content (AvgIpc) is 2.16. The van der Waals surface area contributed by atoms with E-state index in [1.54, 1.807) is 0 Å². The largest absolute Gasteiger partial charge is 0.370 e. The number of rotatable bonds is 9. The summed E-state index contributed by atoms with van der Waals surface area (Å²) in [5, 5.41) is 2.92. The zero-order chi connectivity index (χ0) is 10.8. The maximum atomic E-state index is 10.5. The molecule has 5 heteroatoms. The molecule has 0 aromatic carbocycles. The lowest BCUT2D eigenvalue weighted by Crippen LogP contribution is -2.31. The van der Waals surface area contributed by atoms with Crippen LogP contribution in [-0.4, -0.2) is 31.1 Å². The molecule has 1 atom stereocenters.